The molecule has 1 unspecified atom stereocenters. The van der Waals surface area contributed by atoms with Crippen molar-refractivity contribution in [2.24, 2.45) is 0 Å². The number of nitrogens with one attached hydrogen (secondary N) is 1. The number of anilines is 1. The van der Waals surface area contributed by atoms with Gasteiger partial charge in [-0.05, 0) is 19.4 Å². The van der Waals surface area contributed by atoms with Crippen molar-refractivity contribution in [2.75, 3.05) is 31.6 Å². The summed E-state index contributed by atoms with van der Waals surface area (Å²) in [4.78, 5) is 23.2. The number of aromatic nitrogens is 4. The molecule has 0 aromatic carbocycles. The lowest BCUT2D eigenvalue weighted by Crippen LogP contribution is -2.46. The van der Waals surface area contributed by atoms with Gasteiger partial charge in [-0.1, -0.05) is 6.42 Å². The topological polar surface area (TPSA) is 85.2 Å². The van der Waals surface area contributed by atoms with Gasteiger partial charge in [0.15, 0.2) is 0 Å². The van der Waals surface area contributed by atoms with Crippen molar-refractivity contribution in [3.63, 3.8) is 0 Å². The Kier molecular flexibility index (Phi) is 5.74. The summed E-state index contributed by atoms with van der Waals surface area (Å²) < 4.78 is 7.03. The monoisotopic (exact) mass is 370 g/mol. The largest absolute Gasteiger partial charge is 0.376 e. The van der Waals surface area contributed by atoms with E-state index in [0.717, 1.165) is 49.6 Å². The normalized spacial score (nSPS) is 20.2. The third kappa shape index (κ3) is 4.51. The Labute approximate surface area is 158 Å². The summed E-state index contributed by atoms with van der Waals surface area (Å²) in [7, 11) is 0. The van der Waals surface area contributed by atoms with E-state index in [2.05, 4.69) is 25.3 Å². The number of ether oxygens (including phenoxy) is 1. The van der Waals surface area contributed by atoms with Crippen LogP contribution in [0.15, 0.2) is 29.5 Å². The molecule has 2 aromatic heterocycles. The van der Waals surface area contributed by atoms with Crippen molar-refractivity contribution in [3.05, 3.63) is 46.3 Å². The molecule has 2 aliphatic heterocycles. The molecule has 0 aliphatic carbocycles. The summed E-state index contributed by atoms with van der Waals surface area (Å²) in [5.41, 5.74) is 1.90. The maximum absolute atomic E-state index is 12.4. The highest BCUT2D eigenvalue weighted by Gasteiger charge is 2.22. The molecule has 1 N–H and O–H groups in total. The van der Waals surface area contributed by atoms with Crippen molar-refractivity contribution in [2.45, 2.75) is 44.9 Å². The number of rotatable bonds is 6. The molecule has 0 saturated carbocycles. The number of hydrogen-bond acceptors (Lipinski definition) is 7. The summed E-state index contributed by atoms with van der Waals surface area (Å²) in [6, 6.07) is 2.12. The van der Waals surface area contributed by atoms with E-state index in [1.165, 1.54) is 12.8 Å². The fourth-order valence-corrected chi connectivity index (χ4v) is 3.83. The lowest BCUT2D eigenvalue weighted by Gasteiger charge is -2.36. The SMILES string of the molecule is O=c1cc2c(nn1CCN1CCCCC1CNc1cnccn1)CCOC2. The number of hydrogen-bond donors (Lipinski definition) is 1. The van der Waals surface area contributed by atoms with Crippen molar-refractivity contribution >= 4 is 5.82 Å². The van der Waals surface area contributed by atoms with Crippen LogP contribution >= 0.6 is 0 Å². The predicted octanol–water partition coefficient (Wildman–Crippen LogP) is 1.07. The molecule has 1 atom stereocenters. The van der Waals surface area contributed by atoms with Gasteiger partial charge < -0.3 is 10.1 Å². The molecule has 8 heteroatoms. The fraction of sp³-hybridized carbons (Fsp3) is 0.579. The van der Waals surface area contributed by atoms with Crippen LogP contribution in [0, 0.1) is 0 Å². The third-order valence-corrected chi connectivity index (χ3v) is 5.34. The molecule has 0 amide bonds. The minimum atomic E-state index is -0.0366. The molecule has 8 nitrogen and oxygen atoms in total. The summed E-state index contributed by atoms with van der Waals surface area (Å²) >= 11 is 0. The maximum Gasteiger partial charge on any atom is 0.267 e. The zero-order chi connectivity index (χ0) is 18.5. The highest BCUT2D eigenvalue weighted by Crippen LogP contribution is 2.17. The molecular formula is C19H26N6O2. The van der Waals surface area contributed by atoms with Crippen LogP contribution in [-0.4, -0.2) is 56.9 Å². The molecular weight excluding hydrogens is 344 g/mol. The molecule has 27 heavy (non-hydrogen) atoms. The highest BCUT2D eigenvalue weighted by atomic mass is 16.5. The van der Waals surface area contributed by atoms with Crippen LogP contribution in [0.4, 0.5) is 5.82 Å². The van der Waals surface area contributed by atoms with Crippen LogP contribution in [0.2, 0.25) is 0 Å². The van der Waals surface area contributed by atoms with Gasteiger partial charge >= 0.3 is 0 Å². The zero-order valence-electron chi connectivity index (χ0n) is 15.5. The summed E-state index contributed by atoms with van der Waals surface area (Å²) in [6.45, 7) is 4.52. The Morgan fingerprint density at radius 1 is 1.26 bits per heavy atom. The number of fused-ring (bicyclic) bond motifs is 1. The predicted molar refractivity (Wildman–Crippen MR) is 102 cm³/mol. The third-order valence-electron chi connectivity index (χ3n) is 5.34. The van der Waals surface area contributed by atoms with Crippen LogP contribution in [-0.2, 0) is 24.3 Å². The van der Waals surface area contributed by atoms with Crippen LogP contribution < -0.4 is 10.9 Å². The van der Waals surface area contributed by atoms with Crippen molar-refractivity contribution in [1.82, 2.24) is 24.6 Å². The van der Waals surface area contributed by atoms with E-state index < -0.39 is 0 Å². The molecule has 1 fully saturated rings. The average Bonchev–Trinajstić information content (AvgIpc) is 2.72. The first-order chi connectivity index (χ1) is 13.3. The molecule has 4 rings (SSSR count). The highest BCUT2D eigenvalue weighted by molar-refractivity contribution is 5.30. The van der Waals surface area contributed by atoms with Gasteiger partial charge in [0, 0.05) is 49.6 Å². The Morgan fingerprint density at radius 2 is 2.22 bits per heavy atom. The molecule has 1 saturated heterocycles. The minimum absolute atomic E-state index is 0.0366. The molecule has 2 aromatic rings. The molecule has 0 spiro atoms. The van der Waals surface area contributed by atoms with Gasteiger partial charge in [-0.3, -0.25) is 14.7 Å². The maximum atomic E-state index is 12.4. The number of likely N-dealkylation sites (tertiary alicyclic amines) is 1. The van der Waals surface area contributed by atoms with Gasteiger partial charge in [0.2, 0.25) is 0 Å². The van der Waals surface area contributed by atoms with E-state index in [9.17, 15) is 4.79 Å². The minimum Gasteiger partial charge on any atom is -0.376 e. The fourth-order valence-electron chi connectivity index (χ4n) is 3.83. The van der Waals surface area contributed by atoms with E-state index in [4.69, 9.17) is 4.74 Å². The standard InChI is InChI=1S/C19H26N6O2/c26-19-11-15-14-27-10-4-17(15)23-25(19)9-8-24-7-2-1-3-16(24)12-22-18-13-20-5-6-21-18/h5-6,11,13,16H,1-4,7-10,12,14H2,(H,21,22). The Hall–Kier alpha value is -2.32. The van der Waals surface area contributed by atoms with E-state index in [1.807, 2.05) is 0 Å². The van der Waals surface area contributed by atoms with Gasteiger partial charge in [-0.2, -0.15) is 5.10 Å². The Bertz CT molecular complexity index is 810. The summed E-state index contributed by atoms with van der Waals surface area (Å²) in [5.74, 6) is 0.804. The lowest BCUT2D eigenvalue weighted by atomic mass is 10.0. The first kappa shape index (κ1) is 18.1. The second kappa shape index (κ2) is 8.58. The molecule has 2 aliphatic rings. The van der Waals surface area contributed by atoms with E-state index in [-0.39, 0.29) is 5.56 Å². The Balaban J connectivity index is 1.38. The van der Waals surface area contributed by atoms with Crippen LogP contribution in [0.1, 0.15) is 30.5 Å². The second-order valence-electron chi connectivity index (χ2n) is 7.14. The van der Waals surface area contributed by atoms with Crippen molar-refractivity contribution in [1.29, 1.82) is 0 Å². The Morgan fingerprint density at radius 3 is 3.11 bits per heavy atom. The van der Waals surface area contributed by atoms with Gasteiger partial charge in [0.25, 0.3) is 5.56 Å². The average molecular weight is 370 g/mol. The zero-order valence-corrected chi connectivity index (χ0v) is 15.5. The number of piperidine rings is 1. The van der Waals surface area contributed by atoms with Gasteiger partial charge in [0.05, 0.1) is 31.6 Å². The van der Waals surface area contributed by atoms with E-state index in [0.29, 0.717) is 25.8 Å². The van der Waals surface area contributed by atoms with Gasteiger partial charge in [-0.25, -0.2) is 9.67 Å². The summed E-state index contributed by atoms with van der Waals surface area (Å²) in [5, 5.41) is 7.96. The number of nitrogens with zero attached hydrogens (tertiary/aromatic N) is 5. The smallest absolute Gasteiger partial charge is 0.267 e. The van der Waals surface area contributed by atoms with Gasteiger partial charge in [-0.15, -0.1) is 0 Å². The first-order valence-corrected chi connectivity index (χ1v) is 9.71. The van der Waals surface area contributed by atoms with Crippen LogP contribution in [0.5, 0.6) is 0 Å². The lowest BCUT2D eigenvalue weighted by molar-refractivity contribution is 0.107. The van der Waals surface area contributed by atoms with E-state index in [1.54, 1.807) is 29.3 Å². The quantitative estimate of drug-likeness (QED) is 0.814. The van der Waals surface area contributed by atoms with E-state index >= 15 is 0 Å². The molecule has 0 radical (unpaired) electrons. The molecule has 4 heterocycles. The molecule has 0 bridgehead atoms. The summed E-state index contributed by atoms with van der Waals surface area (Å²) in [6.07, 6.45) is 9.48. The van der Waals surface area contributed by atoms with Gasteiger partial charge in [0.1, 0.15) is 5.82 Å². The van der Waals surface area contributed by atoms with Crippen molar-refractivity contribution in [3.8, 4) is 0 Å². The van der Waals surface area contributed by atoms with Crippen LogP contribution in [0.3, 0.4) is 0 Å². The molecule has 144 valence electrons. The second-order valence-corrected chi connectivity index (χ2v) is 7.14. The first-order valence-electron chi connectivity index (χ1n) is 9.71. The van der Waals surface area contributed by atoms with Crippen LogP contribution in [0.25, 0.3) is 0 Å². The van der Waals surface area contributed by atoms with Crippen molar-refractivity contribution < 1.29 is 4.74 Å².